The monoisotopic (exact) mass is 453 g/mol. The highest BCUT2D eigenvalue weighted by atomic mass is 32.2. The van der Waals surface area contributed by atoms with Crippen LogP contribution in [0.15, 0.2) is 28.0 Å². The first-order chi connectivity index (χ1) is 15.2. The third-order valence-electron chi connectivity index (χ3n) is 6.07. The Hall–Kier alpha value is -2.16. The molecule has 0 bridgehead atoms. The summed E-state index contributed by atoms with van der Waals surface area (Å²) in [6, 6.07) is 3.94. The molecule has 0 aliphatic heterocycles. The van der Waals surface area contributed by atoms with Crippen LogP contribution in [-0.2, 0) is 12.8 Å². The zero-order valence-electron chi connectivity index (χ0n) is 18.2. The number of pyridine rings is 1. The molecular formula is C23H27N5OS2. The molecule has 0 saturated heterocycles. The van der Waals surface area contributed by atoms with E-state index in [0.29, 0.717) is 0 Å². The second-order valence-corrected chi connectivity index (χ2v) is 9.49. The van der Waals surface area contributed by atoms with Gasteiger partial charge in [-0.2, -0.15) is 0 Å². The summed E-state index contributed by atoms with van der Waals surface area (Å²) in [5, 5.41) is 5.61. The maximum Gasteiger partial charge on any atom is 0.189 e. The average molecular weight is 454 g/mol. The smallest absolute Gasteiger partial charge is 0.189 e. The Kier molecular flexibility index (Phi) is 5.86. The van der Waals surface area contributed by atoms with Crippen LogP contribution < -0.4 is 5.32 Å². The zero-order chi connectivity index (χ0) is 21.4. The number of fused-ring (bicyclic) bond motifs is 5. The summed E-state index contributed by atoms with van der Waals surface area (Å²) in [4.78, 5) is 18.3. The minimum atomic E-state index is 0.805. The van der Waals surface area contributed by atoms with Gasteiger partial charge in [0.05, 0.1) is 16.5 Å². The molecule has 0 spiro atoms. The molecule has 31 heavy (non-hydrogen) atoms. The fourth-order valence-electron chi connectivity index (χ4n) is 4.45. The maximum absolute atomic E-state index is 5.72. The van der Waals surface area contributed by atoms with E-state index in [1.165, 1.54) is 16.5 Å². The van der Waals surface area contributed by atoms with Crippen LogP contribution in [0.4, 0.5) is 5.82 Å². The van der Waals surface area contributed by atoms with Crippen LogP contribution >= 0.6 is 23.1 Å². The number of nitrogens with one attached hydrogen (secondary N) is 1. The second kappa shape index (κ2) is 8.76. The number of hydrogen-bond donors (Lipinski definition) is 1. The molecule has 4 heterocycles. The van der Waals surface area contributed by atoms with Gasteiger partial charge < -0.3 is 14.6 Å². The Labute approximate surface area is 190 Å². The van der Waals surface area contributed by atoms with Gasteiger partial charge in [-0.25, -0.2) is 15.0 Å². The molecule has 4 aromatic rings. The van der Waals surface area contributed by atoms with Crippen LogP contribution in [0.2, 0.25) is 0 Å². The number of nitrogens with zero attached hydrogens (tertiary/aromatic N) is 4. The van der Waals surface area contributed by atoms with Crippen molar-refractivity contribution in [3.8, 4) is 11.5 Å². The fourth-order valence-corrected chi connectivity index (χ4v) is 5.92. The molecule has 0 radical (unpaired) electrons. The van der Waals surface area contributed by atoms with Gasteiger partial charge in [-0.05, 0) is 61.9 Å². The Bertz CT molecular complexity index is 1210. The van der Waals surface area contributed by atoms with Crippen molar-refractivity contribution in [2.24, 2.45) is 0 Å². The van der Waals surface area contributed by atoms with E-state index < -0.39 is 0 Å². The van der Waals surface area contributed by atoms with Crippen LogP contribution in [0.1, 0.15) is 31.4 Å². The fraction of sp³-hybridized carbons (Fsp3) is 0.435. The van der Waals surface area contributed by atoms with Gasteiger partial charge >= 0.3 is 0 Å². The van der Waals surface area contributed by atoms with Gasteiger partial charge in [-0.3, -0.25) is 0 Å². The molecule has 8 heteroatoms. The van der Waals surface area contributed by atoms with Crippen molar-refractivity contribution in [1.29, 1.82) is 0 Å². The minimum absolute atomic E-state index is 0.805. The Morgan fingerprint density at radius 1 is 1.16 bits per heavy atom. The van der Waals surface area contributed by atoms with Crippen molar-refractivity contribution in [3.63, 3.8) is 0 Å². The first kappa shape index (κ1) is 20.7. The Morgan fingerprint density at radius 3 is 2.74 bits per heavy atom. The van der Waals surface area contributed by atoms with Crippen molar-refractivity contribution in [1.82, 2.24) is 19.9 Å². The number of hydrogen-bond acceptors (Lipinski definition) is 8. The first-order valence-electron chi connectivity index (χ1n) is 10.9. The van der Waals surface area contributed by atoms with Gasteiger partial charge in [0.1, 0.15) is 16.3 Å². The summed E-state index contributed by atoms with van der Waals surface area (Å²) in [7, 11) is 0. The highest BCUT2D eigenvalue weighted by molar-refractivity contribution is 7.98. The highest BCUT2D eigenvalue weighted by Gasteiger charge is 2.26. The van der Waals surface area contributed by atoms with Gasteiger partial charge in [0.2, 0.25) is 0 Å². The van der Waals surface area contributed by atoms with Crippen molar-refractivity contribution in [2.75, 3.05) is 37.8 Å². The standard InChI is InChI=1S/C23H27N5OS2/c1-4-28(5-2)12-11-24-21-20-19(26-23(27-21)30-3)17-14-8-6-9-15(14)18(25-22(17)31-20)16-10-7-13-29-16/h7,10,13H,4-6,8-9,11-12H2,1-3H3,(H,24,26,27). The SMILES string of the molecule is CCN(CC)CCNc1nc(SC)nc2c1sc1nc(-c3ccco3)c3c(c12)CCC3. The summed E-state index contributed by atoms with van der Waals surface area (Å²) in [5.41, 5.74) is 4.75. The summed E-state index contributed by atoms with van der Waals surface area (Å²) in [6.07, 6.45) is 7.02. The number of rotatable bonds is 8. The van der Waals surface area contributed by atoms with E-state index in [4.69, 9.17) is 19.4 Å². The van der Waals surface area contributed by atoms with Crippen molar-refractivity contribution in [3.05, 3.63) is 29.5 Å². The van der Waals surface area contributed by atoms with E-state index in [-0.39, 0.29) is 0 Å². The van der Waals surface area contributed by atoms with Crippen molar-refractivity contribution >= 4 is 49.3 Å². The molecule has 0 atom stereocenters. The van der Waals surface area contributed by atoms with E-state index in [1.807, 2.05) is 18.4 Å². The van der Waals surface area contributed by atoms with Gasteiger partial charge in [-0.15, -0.1) is 11.3 Å². The molecule has 4 aromatic heterocycles. The average Bonchev–Trinajstić information content (AvgIpc) is 3.54. The first-order valence-corrected chi connectivity index (χ1v) is 13.0. The lowest BCUT2D eigenvalue weighted by Gasteiger charge is -2.18. The third kappa shape index (κ3) is 3.70. The Morgan fingerprint density at radius 2 is 2.00 bits per heavy atom. The van der Waals surface area contributed by atoms with Gasteiger partial charge in [0.15, 0.2) is 10.9 Å². The van der Waals surface area contributed by atoms with Crippen molar-refractivity contribution in [2.45, 2.75) is 38.3 Å². The minimum Gasteiger partial charge on any atom is -0.463 e. The van der Waals surface area contributed by atoms with Gasteiger partial charge in [0.25, 0.3) is 0 Å². The van der Waals surface area contributed by atoms with E-state index >= 15 is 0 Å². The molecule has 0 amide bonds. The zero-order valence-corrected chi connectivity index (χ0v) is 19.8. The molecule has 1 aliphatic carbocycles. The number of thioether (sulfide) groups is 1. The lowest BCUT2D eigenvalue weighted by Crippen LogP contribution is -2.28. The van der Waals surface area contributed by atoms with Crippen molar-refractivity contribution < 1.29 is 4.42 Å². The highest BCUT2D eigenvalue weighted by Crippen LogP contribution is 2.44. The van der Waals surface area contributed by atoms with E-state index in [1.54, 1.807) is 29.4 Å². The number of thiophene rings is 1. The summed E-state index contributed by atoms with van der Waals surface area (Å²) in [5.74, 6) is 1.78. The molecular weight excluding hydrogens is 426 g/mol. The molecule has 5 rings (SSSR count). The van der Waals surface area contributed by atoms with Crippen LogP contribution in [-0.4, -0.2) is 52.3 Å². The number of anilines is 1. The quantitative estimate of drug-likeness (QED) is 0.280. The molecule has 0 fully saturated rings. The molecule has 1 aliphatic rings. The Balaban J connectivity index is 1.64. The van der Waals surface area contributed by atoms with E-state index in [9.17, 15) is 0 Å². The molecule has 6 nitrogen and oxygen atoms in total. The van der Waals surface area contributed by atoms with E-state index in [2.05, 4.69) is 24.1 Å². The molecule has 0 aromatic carbocycles. The molecule has 0 saturated carbocycles. The largest absolute Gasteiger partial charge is 0.463 e. The number of furan rings is 1. The lowest BCUT2D eigenvalue weighted by molar-refractivity contribution is 0.316. The summed E-state index contributed by atoms with van der Waals surface area (Å²) < 4.78 is 6.82. The second-order valence-electron chi connectivity index (χ2n) is 7.72. The van der Waals surface area contributed by atoms with E-state index in [0.717, 1.165) is 82.9 Å². The van der Waals surface area contributed by atoms with Crippen LogP contribution in [0.25, 0.3) is 31.9 Å². The predicted molar refractivity (Wildman–Crippen MR) is 131 cm³/mol. The van der Waals surface area contributed by atoms with Crippen LogP contribution in [0.3, 0.4) is 0 Å². The topological polar surface area (TPSA) is 67.1 Å². The molecule has 162 valence electrons. The van der Waals surface area contributed by atoms with Gasteiger partial charge in [-0.1, -0.05) is 25.6 Å². The van der Waals surface area contributed by atoms with Crippen LogP contribution in [0, 0.1) is 0 Å². The lowest BCUT2D eigenvalue weighted by atomic mass is 10.0. The number of aryl methyl sites for hydroxylation is 1. The maximum atomic E-state index is 5.72. The number of likely N-dealkylation sites (N-methyl/N-ethyl adjacent to an activating group) is 1. The number of aromatic nitrogens is 3. The molecule has 1 N–H and O–H groups in total. The van der Waals surface area contributed by atoms with Crippen LogP contribution in [0.5, 0.6) is 0 Å². The molecule has 0 unspecified atom stereocenters. The van der Waals surface area contributed by atoms with Gasteiger partial charge in [0, 0.05) is 18.5 Å². The third-order valence-corrected chi connectivity index (χ3v) is 7.69. The summed E-state index contributed by atoms with van der Waals surface area (Å²) in [6.45, 7) is 8.37. The summed E-state index contributed by atoms with van der Waals surface area (Å²) >= 11 is 3.28. The predicted octanol–water partition coefficient (Wildman–Crippen LogP) is 5.46. The normalized spacial score (nSPS) is 13.5.